The minimum Gasteiger partial charge on any atom is -0.352 e. The number of allylic oxidation sites excluding steroid dienone is 1. The standard InChI is InChI=1S/C9H17NO/c1-5-6-8(11)10-7-9(2,3)4/h5-6H,7H2,1-4H3,(H,10,11). The molecule has 0 aliphatic heterocycles. The maximum atomic E-state index is 10.9. The van der Waals surface area contributed by atoms with Crippen LogP contribution >= 0.6 is 0 Å². The fraction of sp³-hybridized carbons (Fsp3) is 0.667. The van der Waals surface area contributed by atoms with Crippen molar-refractivity contribution >= 4 is 5.91 Å². The Hall–Kier alpha value is -0.790. The van der Waals surface area contributed by atoms with Crippen LogP contribution in [-0.4, -0.2) is 12.5 Å². The number of nitrogens with one attached hydrogen (secondary N) is 1. The van der Waals surface area contributed by atoms with Gasteiger partial charge in [0.25, 0.3) is 0 Å². The molecule has 11 heavy (non-hydrogen) atoms. The summed E-state index contributed by atoms with van der Waals surface area (Å²) in [4.78, 5) is 10.9. The molecule has 0 radical (unpaired) electrons. The average molecular weight is 155 g/mol. The molecule has 0 atom stereocenters. The third-order valence-electron chi connectivity index (χ3n) is 1.11. The van der Waals surface area contributed by atoms with Crippen LogP contribution in [0.2, 0.25) is 0 Å². The summed E-state index contributed by atoms with van der Waals surface area (Å²) in [7, 11) is 0. The smallest absolute Gasteiger partial charge is 0.243 e. The molecule has 0 spiro atoms. The Bertz CT molecular complexity index is 153. The van der Waals surface area contributed by atoms with Crippen molar-refractivity contribution in [3.63, 3.8) is 0 Å². The first-order valence-corrected chi connectivity index (χ1v) is 3.86. The van der Waals surface area contributed by atoms with Gasteiger partial charge in [-0.25, -0.2) is 0 Å². The number of hydrogen-bond acceptors (Lipinski definition) is 1. The van der Waals surface area contributed by atoms with E-state index in [9.17, 15) is 4.79 Å². The number of hydrogen-bond donors (Lipinski definition) is 1. The van der Waals surface area contributed by atoms with Gasteiger partial charge in [0.2, 0.25) is 5.91 Å². The molecular formula is C9H17NO. The fourth-order valence-corrected chi connectivity index (χ4v) is 0.563. The van der Waals surface area contributed by atoms with Crippen LogP contribution in [0.5, 0.6) is 0 Å². The average Bonchev–Trinajstić information content (AvgIpc) is 1.83. The molecule has 0 fully saturated rings. The van der Waals surface area contributed by atoms with E-state index in [1.165, 1.54) is 6.08 Å². The third kappa shape index (κ3) is 7.10. The molecule has 0 unspecified atom stereocenters. The minimum absolute atomic E-state index is 0.0116. The molecule has 0 saturated heterocycles. The van der Waals surface area contributed by atoms with Crippen molar-refractivity contribution in [3.8, 4) is 0 Å². The lowest BCUT2D eigenvalue weighted by atomic mass is 9.97. The Morgan fingerprint density at radius 3 is 2.36 bits per heavy atom. The second-order valence-electron chi connectivity index (χ2n) is 3.78. The van der Waals surface area contributed by atoms with Gasteiger partial charge in [0.1, 0.15) is 0 Å². The molecule has 0 aromatic carbocycles. The quantitative estimate of drug-likeness (QED) is 0.604. The summed E-state index contributed by atoms with van der Waals surface area (Å²) in [6, 6.07) is 0. The number of carbonyl (C=O) groups is 1. The lowest BCUT2D eigenvalue weighted by Crippen LogP contribution is -2.30. The van der Waals surface area contributed by atoms with Crippen LogP contribution in [0.1, 0.15) is 27.7 Å². The van der Waals surface area contributed by atoms with E-state index in [0.717, 1.165) is 6.54 Å². The van der Waals surface area contributed by atoms with E-state index in [-0.39, 0.29) is 11.3 Å². The molecule has 2 heteroatoms. The molecule has 0 rings (SSSR count). The highest BCUT2D eigenvalue weighted by Gasteiger charge is 2.09. The van der Waals surface area contributed by atoms with Crippen LogP contribution < -0.4 is 5.32 Å². The van der Waals surface area contributed by atoms with E-state index < -0.39 is 0 Å². The highest BCUT2D eigenvalue weighted by Crippen LogP contribution is 2.09. The normalized spacial score (nSPS) is 12.0. The second kappa shape index (κ2) is 4.16. The molecule has 0 aromatic heterocycles. The largest absolute Gasteiger partial charge is 0.352 e. The van der Waals surface area contributed by atoms with Gasteiger partial charge in [-0.3, -0.25) is 4.79 Å². The predicted octanol–water partition coefficient (Wildman–Crippen LogP) is 1.72. The Labute approximate surface area is 68.7 Å². The van der Waals surface area contributed by atoms with Crippen LogP contribution in [0.25, 0.3) is 0 Å². The zero-order chi connectivity index (χ0) is 8.91. The molecule has 0 aromatic rings. The molecule has 0 heterocycles. The van der Waals surface area contributed by atoms with Gasteiger partial charge in [-0.05, 0) is 18.4 Å². The number of rotatable bonds is 2. The molecule has 0 saturated carbocycles. The van der Waals surface area contributed by atoms with E-state index >= 15 is 0 Å². The van der Waals surface area contributed by atoms with E-state index in [0.29, 0.717) is 0 Å². The van der Waals surface area contributed by atoms with Gasteiger partial charge in [-0.2, -0.15) is 0 Å². The zero-order valence-electron chi connectivity index (χ0n) is 7.77. The first kappa shape index (κ1) is 10.2. The molecule has 64 valence electrons. The first-order chi connectivity index (χ1) is 4.95. The predicted molar refractivity (Wildman–Crippen MR) is 47.3 cm³/mol. The monoisotopic (exact) mass is 155 g/mol. The van der Waals surface area contributed by atoms with Crippen molar-refractivity contribution in [1.29, 1.82) is 0 Å². The van der Waals surface area contributed by atoms with Crippen LogP contribution in [0, 0.1) is 5.41 Å². The lowest BCUT2D eigenvalue weighted by Gasteiger charge is -2.17. The van der Waals surface area contributed by atoms with Crippen LogP contribution in [0.3, 0.4) is 0 Å². The Kier molecular flexibility index (Phi) is 3.86. The number of amides is 1. The van der Waals surface area contributed by atoms with Crippen molar-refractivity contribution < 1.29 is 4.79 Å². The Morgan fingerprint density at radius 2 is 2.00 bits per heavy atom. The molecule has 1 amide bonds. The van der Waals surface area contributed by atoms with E-state index in [1.54, 1.807) is 6.08 Å². The van der Waals surface area contributed by atoms with Crippen LogP contribution in [-0.2, 0) is 4.79 Å². The van der Waals surface area contributed by atoms with Gasteiger partial charge in [0, 0.05) is 6.54 Å². The maximum absolute atomic E-state index is 10.9. The van der Waals surface area contributed by atoms with Gasteiger partial charge in [-0.1, -0.05) is 26.8 Å². The van der Waals surface area contributed by atoms with Gasteiger partial charge in [-0.15, -0.1) is 0 Å². The lowest BCUT2D eigenvalue weighted by molar-refractivity contribution is -0.116. The summed E-state index contributed by atoms with van der Waals surface area (Å²) < 4.78 is 0. The van der Waals surface area contributed by atoms with Gasteiger partial charge < -0.3 is 5.32 Å². The van der Waals surface area contributed by atoms with Crippen molar-refractivity contribution in [3.05, 3.63) is 12.2 Å². The molecule has 0 bridgehead atoms. The van der Waals surface area contributed by atoms with Crippen molar-refractivity contribution in [1.82, 2.24) is 5.32 Å². The third-order valence-corrected chi connectivity index (χ3v) is 1.11. The van der Waals surface area contributed by atoms with Crippen LogP contribution in [0.15, 0.2) is 12.2 Å². The van der Waals surface area contributed by atoms with E-state index in [2.05, 4.69) is 26.1 Å². The second-order valence-corrected chi connectivity index (χ2v) is 3.78. The molecule has 1 N–H and O–H groups in total. The van der Waals surface area contributed by atoms with Crippen molar-refractivity contribution in [2.24, 2.45) is 5.41 Å². The van der Waals surface area contributed by atoms with Gasteiger partial charge in [0.15, 0.2) is 0 Å². The SMILES string of the molecule is CC=CC(=O)NCC(C)(C)C. The summed E-state index contributed by atoms with van der Waals surface area (Å²) in [6.45, 7) is 8.81. The minimum atomic E-state index is -0.0116. The van der Waals surface area contributed by atoms with Gasteiger partial charge >= 0.3 is 0 Å². The summed E-state index contributed by atoms with van der Waals surface area (Å²) in [6.07, 6.45) is 3.27. The van der Waals surface area contributed by atoms with E-state index in [4.69, 9.17) is 0 Å². The fourth-order valence-electron chi connectivity index (χ4n) is 0.563. The summed E-state index contributed by atoms with van der Waals surface area (Å²) in [5.41, 5.74) is 0.164. The summed E-state index contributed by atoms with van der Waals surface area (Å²) in [5, 5.41) is 2.80. The molecule has 0 aliphatic carbocycles. The highest BCUT2D eigenvalue weighted by atomic mass is 16.1. The maximum Gasteiger partial charge on any atom is 0.243 e. The van der Waals surface area contributed by atoms with Crippen molar-refractivity contribution in [2.45, 2.75) is 27.7 Å². The molecular weight excluding hydrogens is 138 g/mol. The summed E-state index contributed by atoms with van der Waals surface area (Å²) >= 11 is 0. The first-order valence-electron chi connectivity index (χ1n) is 3.86. The number of carbonyl (C=O) groups excluding carboxylic acids is 1. The Balaban J connectivity index is 3.63. The Morgan fingerprint density at radius 1 is 1.45 bits per heavy atom. The van der Waals surface area contributed by atoms with Crippen molar-refractivity contribution in [2.75, 3.05) is 6.54 Å². The summed E-state index contributed by atoms with van der Waals surface area (Å²) in [5.74, 6) is -0.0116. The van der Waals surface area contributed by atoms with Gasteiger partial charge in [0.05, 0.1) is 0 Å². The molecule has 2 nitrogen and oxygen atoms in total. The zero-order valence-corrected chi connectivity index (χ0v) is 7.77. The topological polar surface area (TPSA) is 29.1 Å². The van der Waals surface area contributed by atoms with E-state index in [1.807, 2.05) is 6.92 Å². The highest BCUT2D eigenvalue weighted by molar-refractivity contribution is 5.87. The molecule has 0 aliphatic rings. The van der Waals surface area contributed by atoms with Crippen LogP contribution in [0.4, 0.5) is 0 Å².